The van der Waals surface area contributed by atoms with E-state index in [1.807, 2.05) is 0 Å². The Morgan fingerprint density at radius 2 is 2.09 bits per heavy atom. The van der Waals surface area contributed by atoms with Crippen LogP contribution in [0.1, 0.15) is 30.4 Å². The van der Waals surface area contributed by atoms with Crippen LogP contribution in [-0.4, -0.2) is 42.6 Å². The summed E-state index contributed by atoms with van der Waals surface area (Å²) in [5, 5.41) is 3.31. The first kappa shape index (κ1) is 16.6. The molecule has 3 nitrogen and oxygen atoms in total. The molecule has 2 aliphatic rings. The van der Waals surface area contributed by atoms with Crippen molar-refractivity contribution in [2.75, 3.05) is 38.2 Å². The van der Waals surface area contributed by atoms with Gasteiger partial charge in [0.25, 0.3) is 0 Å². The van der Waals surface area contributed by atoms with E-state index in [9.17, 15) is 0 Å². The van der Waals surface area contributed by atoms with Gasteiger partial charge in [0.1, 0.15) is 0 Å². The molecule has 1 saturated heterocycles. The summed E-state index contributed by atoms with van der Waals surface area (Å²) in [5.41, 5.74) is 4.97. The summed E-state index contributed by atoms with van der Waals surface area (Å²) in [6, 6.07) is 6.62. The Hall–Kier alpha value is -1.23. The molecule has 23 heavy (non-hydrogen) atoms. The number of nitrogens with zero attached hydrogens (tertiary/aromatic N) is 1. The van der Waals surface area contributed by atoms with Crippen molar-refractivity contribution >= 4 is 22.8 Å². The first-order valence-corrected chi connectivity index (χ1v) is 9.00. The van der Waals surface area contributed by atoms with Crippen LogP contribution in [0.2, 0.25) is 0 Å². The third-order valence-corrected chi connectivity index (χ3v) is 4.92. The van der Waals surface area contributed by atoms with E-state index in [4.69, 9.17) is 17.0 Å². The van der Waals surface area contributed by atoms with E-state index in [-0.39, 0.29) is 0 Å². The maximum Gasteiger partial charge on any atom is 0.0594 e. The number of morpholine rings is 1. The van der Waals surface area contributed by atoms with Crippen molar-refractivity contribution in [2.24, 2.45) is 0 Å². The number of hydrogen-bond donors (Lipinski definition) is 1. The van der Waals surface area contributed by atoms with Crippen LogP contribution in [0.4, 0.5) is 5.69 Å². The third kappa shape index (κ3) is 4.87. The maximum atomic E-state index is 5.59. The van der Waals surface area contributed by atoms with Gasteiger partial charge in [-0.3, -0.25) is 4.90 Å². The van der Waals surface area contributed by atoms with Crippen LogP contribution >= 0.6 is 12.2 Å². The van der Waals surface area contributed by atoms with E-state index in [1.54, 1.807) is 0 Å². The minimum Gasteiger partial charge on any atom is -0.379 e. The van der Waals surface area contributed by atoms with Crippen molar-refractivity contribution in [1.29, 1.82) is 0 Å². The van der Waals surface area contributed by atoms with E-state index in [0.717, 1.165) is 51.3 Å². The fourth-order valence-electron chi connectivity index (χ4n) is 3.29. The molecule has 0 aliphatic carbocycles. The summed E-state index contributed by atoms with van der Waals surface area (Å²) >= 11 is 5.59. The van der Waals surface area contributed by atoms with Gasteiger partial charge in [0.05, 0.1) is 13.2 Å². The number of anilines is 1. The summed E-state index contributed by atoms with van der Waals surface area (Å²) in [6.07, 6.45) is 5.34. The van der Waals surface area contributed by atoms with E-state index in [0.29, 0.717) is 0 Å². The second kappa shape index (κ2) is 8.04. The van der Waals surface area contributed by atoms with Crippen LogP contribution in [0, 0.1) is 0 Å². The second-order valence-electron chi connectivity index (χ2n) is 6.52. The van der Waals surface area contributed by atoms with Gasteiger partial charge in [0.15, 0.2) is 0 Å². The molecule has 124 valence electrons. The smallest absolute Gasteiger partial charge is 0.0594 e. The van der Waals surface area contributed by atoms with Gasteiger partial charge >= 0.3 is 0 Å². The van der Waals surface area contributed by atoms with Crippen molar-refractivity contribution in [3.8, 4) is 0 Å². The minimum atomic E-state index is 0.887. The van der Waals surface area contributed by atoms with Gasteiger partial charge in [-0.25, -0.2) is 0 Å². The summed E-state index contributed by atoms with van der Waals surface area (Å²) < 4.78 is 5.38. The van der Waals surface area contributed by atoms with Crippen LogP contribution in [0.25, 0.3) is 0 Å². The van der Waals surface area contributed by atoms with Gasteiger partial charge in [-0.1, -0.05) is 30.9 Å². The number of rotatable bonds is 7. The highest BCUT2D eigenvalue weighted by Gasteiger charge is 2.14. The van der Waals surface area contributed by atoms with Crippen molar-refractivity contribution in [3.05, 3.63) is 41.6 Å². The Bertz CT molecular complexity index is 579. The largest absolute Gasteiger partial charge is 0.379 e. The number of unbranched alkanes of at least 4 members (excludes halogenated alkanes) is 1. The maximum absolute atomic E-state index is 5.59. The molecule has 2 aliphatic heterocycles. The standard InChI is InChI=1S/C19H26N2OS/c1-15-12-17-13-16(5-6-19(17)20-15)14-18(23)4-2-3-7-21-8-10-22-11-9-21/h5-6,13,20H,1-4,7-12,14H2. The van der Waals surface area contributed by atoms with E-state index in [2.05, 4.69) is 35.0 Å². The minimum absolute atomic E-state index is 0.887. The Morgan fingerprint density at radius 3 is 2.91 bits per heavy atom. The summed E-state index contributed by atoms with van der Waals surface area (Å²) in [4.78, 5) is 3.67. The molecular weight excluding hydrogens is 304 g/mol. The fourth-order valence-corrected chi connectivity index (χ4v) is 3.60. The monoisotopic (exact) mass is 330 g/mol. The van der Waals surface area contributed by atoms with E-state index in [1.165, 1.54) is 41.1 Å². The molecule has 4 heteroatoms. The molecule has 0 bridgehead atoms. The van der Waals surface area contributed by atoms with Crippen molar-refractivity contribution in [2.45, 2.75) is 32.1 Å². The summed E-state index contributed by atoms with van der Waals surface area (Å²) in [7, 11) is 0. The molecule has 1 fully saturated rings. The van der Waals surface area contributed by atoms with Gasteiger partial charge in [0.2, 0.25) is 0 Å². The zero-order valence-corrected chi connectivity index (χ0v) is 14.6. The molecule has 3 rings (SSSR count). The molecule has 0 spiro atoms. The molecule has 0 amide bonds. The average molecular weight is 330 g/mol. The van der Waals surface area contributed by atoms with Crippen LogP contribution < -0.4 is 5.32 Å². The van der Waals surface area contributed by atoms with Crippen molar-refractivity contribution in [3.63, 3.8) is 0 Å². The average Bonchev–Trinajstić information content (AvgIpc) is 2.92. The van der Waals surface area contributed by atoms with Crippen LogP contribution in [-0.2, 0) is 17.6 Å². The molecule has 1 aromatic carbocycles. The molecule has 0 atom stereocenters. The number of thiocarbonyl (C=S) groups is 1. The Labute approximate surface area is 144 Å². The summed E-state index contributed by atoms with van der Waals surface area (Å²) in [6.45, 7) is 9.12. The van der Waals surface area contributed by atoms with Gasteiger partial charge in [-0.05, 0) is 47.9 Å². The highest BCUT2D eigenvalue weighted by Crippen LogP contribution is 2.28. The predicted molar refractivity (Wildman–Crippen MR) is 100 cm³/mol. The topological polar surface area (TPSA) is 24.5 Å². The molecular formula is C19H26N2OS. The highest BCUT2D eigenvalue weighted by molar-refractivity contribution is 7.80. The molecule has 2 heterocycles. The van der Waals surface area contributed by atoms with Gasteiger partial charge in [0, 0.05) is 37.3 Å². The molecule has 0 radical (unpaired) electrons. The normalized spacial score (nSPS) is 17.8. The number of hydrogen-bond acceptors (Lipinski definition) is 4. The SMILES string of the molecule is C=C1Cc2cc(CC(=S)CCCCN3CCOCC3)ccc2N1. The number of nitrogens with one attached hydrogen (secondary N) is 1. The molecule has 0 aromatic heterocycles. The Morgan fingerprint density at radius 1 is 1.26 bits per heavy atom. The zero-order chi connectivity index (χ0) is 16.1. The predicted octanol–water partition coefficient (Wildman–Crippen LogP) is 3.58. The molecule has 0 unspecified atom stereocenters. The lowest BCUT2D eigenvalue weighted by atomic mass is 10.0. The lowest BCUT2D eigenvalue weighted by Gasteiger charge is -2.26. The van der Waals surface area contributed by atoms with Gasteiger partial charge in [-0.15, -0.1) is 0 Å². The van der Waals surface area contributed by atoms with Gasteiger partial charge < -0.3 is 10.1 Å². The Balaban J connectivity index is 1.38. The zero-order valence-electron chi connectivity index (χ0n) is 13.8. The van der Waals surface area contributed by atoms with Crippen LogP contribution in [0.5, 0.6) is 0 Å². The Kier molecular flexibility index (Phi) is 5.81. The number of fused-ring (bicyclic) bond motifs is 1. The van der Waals surface area contributed by atoms with Gasteiger partial charge in [-0.2, -0.15) is 0 Å². The van der Waals surface area contributed by atoms with E-state index < -0.39 is 0 Å². The lowest BCUT2D eigenvalue weighted by molar-refractivity contribution is 0.0372. The quantitative estimate of drug-likeness (QED) is 0.610. The number of allylic oxidation sites excluding steroid dienone is 1. The first-order chi connectivity index (χ1) is 11.2. The second-order valence-corrected chi connectivity index (χ2v) is 7.10. The third-order valence-electron chi connectivity index (χ3n) is 4.57. The van der Waals surface area contributed by atoms with Crippen LogP contribution in [0.3, 0.4) is 0 Å². The summed E-state index contributed by atoms with van der Waals surface area (Å²) in [5.74, 6) is 0. The number of ether oxygens (including phenoxy) is 1. The van der Waals surface area contributed by atoms with Crippen molar-refractivity contribution in [1.82, 2.24) is 4.90 Å². The first-order valence-electron chi connectivity index (χ1n) is 8.59. The number of benzene rings is 1. The molecule has 1 N–H and O–H groups in total. The highest BCUT2D eigenvalue weighted by atomic mass is 32.1. The lowest BCUT2D eigenvalue weighted by Crippen LogP contribution is -2.36. The van der Waals surface area contributed by atoms with E-state index >= 15 is 0 Å². The molecule has 0 saturated carbocycles. The van der Waals surface area contributed by atoms with Crippen molar-refractivity contribution < 1.29 is 4.74 Å². The fraction of sp³-hybridized carbons (Fsp3) is 0.526. The van der Waals surface area contributed by atoms with Crippen LogP contribution in [0.15, 0.2) is 30.5 Å². The molecule has 1 aromatic rings.